The molecule has 160 valence electrons. The highest BCUT2D eigenvalue weighted by Gasteiger charge is 2.14. The zero-order valence-electron chi connectivity index (χ0n) is 18.4. The minimum Gasteiger partial charge on any atom is -0.356 e. The minimum absolute atomic E-state index is 0.114. The Morgan fingerprint density at radius 2 is 1.55 bits per heavy atom. The molecule has 0 bridgehead atoms. The molecule has 3 aromatic rings. The second kappa shape index (κ2) is 9.16. The Morgan fingerprint density at radius 1 is 0.839 bits per heavy atom. The number of aryl methyl sites for hydroxylation is 3. The first-order valence-electron chi connectivity index (χ1n) is 10.8. The van der Waals surface area contributed by atoms with Gasteiger partial charge >= 0.3 is 0 Å². The van der Waals surface area contributed by atoms with Crippen molar-refractivity contribution in [3.8, 4) is 0 Å². The molecular formula is C25H29N5O. The van der Waals surface area contributed by atoms with Crippen molar-refractivity contribution in [3.05, 3.63) is 70.9 Å². The Morgan fingerprint density at radius 3 is 2.26 bits per heavy atom. The van der Waals surface area contributed by atoms with Gasteiger partial charge in [0, 0.05) is 41.8 Å². The standard InChI is InChI=1S/C25H29N5O/c1-17-7-8-20(15-18(17)2)24(31)27-21-9-11-22(12-10-21)28-25-26-19(3)16-23(29-25)30-13-5-4-6-14-30/h7-12,15-16H,4-6,13-14H2,1-3H3,(H,27,31)(H,26,28,29). The maximum Gasteiger partial charge on any atom is 0.255 e. The smallest absolute Gasteiger partial charge is 0.255 e. The zero-order valence-corrected chi connectivity index (χ0v) is 18.4. The fraction of sp³-hybridized carbons (Fsp3) is 0.320. The van der Waals surface area contributed by atoms with Crippen molar-refractivity contribution in [3.63, 3.8) is 0 Å². The number of hydrogen-bond donors (Lipinski definition) is 2. The van der Waals surface area contributed by atoms with E-state index in [0.717, 1.165) is 41.5 Å². The van der Waals surface area contributed by atoms with Gasteiger partial charge < -0.3 is 15.5 Å². The van der Waals surface area contributed by atoms with E-state index in [1.807, 2.05) is 69.3 Å². The van der Waals surface area contributed by atoms with Crippen LogP contribution in [-0.2, 0) is 0 Å². The summed E-state index contributed by atoms with van der Waals surface area (Å²) in [5.41, 5.74) is 5.49. The Labute approximate surface area is 183 Å². The van der Waals surface area contributed by atoms with Crippen molar-refractivity contribution < 1.29 is 4.79 Å². The summed E-state index contributed by atoms with van der Waals surface area (Å²) in [5.74, 6) is 1.46. The van der Waals surface area contributed by atoms with Crippen LogP contribution in [0.2, 0.25) is 0 Å². The highest BCUT2D eigenvalue weighted by Crippen LogP contribution is 2.22. The highest BCUT2D eigenvalue weighted by atomic mass is 16.1. The molecule has 2 aromatic carbocycles. The van der Waals surface area contributed by atoms with Gasteiger partial charge in [0.05, 0.1) is 0 Å². The number of nitrogens with one attached hydrogen (secondary N) is 2. The number of carbonyl (C=O) groups excluding carboxylic acids is 1. The van der Waals surface area contributed by atoms with Crippen molar-refractivity contribution in [1.29, 1.82) is 0 Å². The molecule has 1 amide bonds. The normalized spacial score (nSPS) is 13.7. The molecule has 1 aromatic heterocycles. The topological polar surface area (TPSA) is 70.2 Å². The molecule has 0 atom stereocenters. The molecular weight excluding hydrogens is 386 g/mol. The Balaban J connectivity index is 1.43. The van der Waals surface area contributed by atoms with E-state index in [1.165, 1.54) is 24.8 Å². The van der Waals surface area contributed by atoms with Crippen LogP contribution in [0, 0.1) is 20.8 Å². The largest absolute Gasteiger partial charge is 0.356 e. The van der Waals surface area contributed by atoms with Crippen LogP contribution in [0.3, 0.4) is 0 Å². The van der Waals surface area contributed by atoms with Gasteiger partial charge in [-0.05, 0) is 87.6 Å². The van der Waals surface area contributed by atoms with Crippen molar-refractivity contribution in [2.24, 2.45) is 0 Å². The number of anilines is 4. The van der Waals surface area contributed by atoms with Crippen LogP contribution in [0.5, 0.6) is 0 Å². The molecule has 1 fully saturated rings. The van der Waals surface area contributed by atoms with Gasteiger partial charge in [-0.15, -0.1) is 0 Å². The number of rotatable bonds is 5. The highest BCUT2D eigenvalue weighted by molar-refractivity contribution is 6.04. The van der Waals surface area contributed by atoms with E-state index in [0.29, 0.717) is 11.5 Å². The molecule has 0 spiro atoms. The summed E-state index contributed by atoms with van der Waals surface area (Å²) in [5, 5.41) is 6.24. The number of hydrogen-bond acceptors (Lipinski definition) is 5. The van der Waals surface area contributed by atoms with Crippen LogP contribution < -0.4 is 15.5 Å². The third-order valence-corrected chi connectivity index (χ3v) is 5.69. The first kappa shape index (κ1) is 20.8. The molecule has 1 aliphatic rings. The van der Waals surface area contributed by atoms with Gasteiger partial charge in [0.2, 0.25) is 5.95 Å². The molecule has 6 nitrogen and oxygen atoms in total. The van der Waals surface area contributed by atoms with E-state index in [9.17, 15) is 4.79 Å². The molecule has 0 radical (unpaired) electrons. The molecule has 31 heavy (non-hydrogen) atoms. The predicted molar refractivity (Wildman–Crippen MR) is 126 cm³/mol. The minimum atomic E-state index is -0.114. The van der Waals surface area contributed by atoms with Crippen molar-refractivity contribution >= 4 is 29.0 Å². The lowest BCUT2D eigenvalue weighted by Crippen LogP contribution is -2.30. The average molecular weight is 416 g/mol. The first-order valence-corrected chi connectivity index (χ1v) is 10.8. The molecule has 2 N–H and O–H groups in total. The fourth-order valence-electron chi connectivity index (χ4n) is 3.74. The van der Waals surface area contributed by atoms with Gasteiger partial charge in [-0.2, -0.15) is 4.98 Å². The SMILES string of the molecule is Cc1cc(N2CCCCC2)nc(Nc2ccc(NC(=O)c3ccc(C)c(C)c3)cc2)n1. The third-order valence-electron chi connectivity index (χ3n) is 5.69. The van der Waals surface area contributed by atoms with Crippen LogP contribution in [0.4, 0.5) is 23.1 Å². The fourth-order valence-corrected chi connectivity index (χ4v) is 3.74. The zero-order chi connectivity index (χ0) is 21.8. The Hall–Kier alpha value is -3.41. The van der Waals surface area contributed by atoms with Gasteiger partial charge in [0.25, 0.3) is 5.91 Å². The number of amides is 1. The Kier molecular flexibility index (Phi) is 6.16. The third kappa shape index (κ3) is 5.20. The summed E-state index contributed by atoms with van der Waals surface area (Å²) in [6, 6.07) is 15.4. The lowest BCUT2D eigenvalue weighted by Gasteiger charge is -2.28. The Bertz CT molecular complexity index is 1070. The van der Waals surface area contributed by atoms with Crippen molar-refractivity contribution in [1.82, 2.24) is 9.97 Å². The monoisotopic (exact) mass is 415 g/mol. The van der Waals surface area contributed by atoms with Crippen LogP contribution in [-0.4, -0.2) is 29.0 Å². The summed E-state index contributed by atoms with van der Waals surface area (Å²) in [6.45, 7) is 8.13. The molecule has 1 saturated heterocycles. The van der Waals surface area contributed by atoms with Crippen LogP contribution in [0.15, 0.2) is 48.5 Å². The second-order valence-corrected chi connectivity index (χ2v) is 8.19. The summed E-state index contributed by atoms with van der Waals surface area (Å²) < 4.78 is 0. The quantitative estimate of drug-likeness (QED) is 0.585. The predicted octanol–water partition coefficient (Wildman–Crippen LogP) is 5.39. The van der Waals surface area contributed by atoms with Gasteiger partial charge in [0.15, 0.2) is 0 Å². The number of nitrogens with zero attached hydrogens (tertiary/aromatic N) is 3. The number of carbonyl (C=O) groups is 1. The summed E-state index contributed by atoms with van der Waals surface area (Å²) in [6.07, 6.45) is 3.71. The lowest BCUT2D eigenvalue weighted by molar-refractivity contribution is 0.102. The molecule has 0 unspecified atom stereocenters. The molecule has 0 aliphatic carbocycles. The molecule has 2 heterocycles. The average Bonchev–Trinajstić information content (AvgIpc) is 2.77. The molecule has 6 heteroatoms. The van der Waals surface area contributed by atoms with Crippen LogP contribution in [0.1, 0.15) is 46.4 Å². The number of aromatic nitrogens is 2. The summed E-state index contributed by atoms with van der Waals surface area (Å²) in [4.78, 5) is 24.1. The van der Waals surface area contributed by atoms with Gasteiger partial charge in [-0.1, -0.05) is 6.07 Å². The van der Waals surface area contributed by atoms with E-state index in [2.05, 4.69) is 20.5 Å². The maximum absolute atomic E-state index is 12.5. The second-order valence-electron chi connectivity index (χ2n) is 8.19. The first-order chi connectivity index (χ1) is 15.0. The van der Waals surface area contributed by atoms with Crippen molar-refractivity contribution in [2.75, 3.05) is 28.6 Å². The molecule has 0 saturated carbocycles. The van der Waals surface area contributed by atoms with E-state index in [-0.39, 0.29) is 5.91 Å². The van der Waals surface area contributed by atoms with Gasteiger partial charge in [0.1, 0.15) is 5.82 Å². The van der Waals surface area contributed by atoms with Gasteiger partial charge in [-0.3, -0.25) is 4.79 Å². The van der Waals surface area contributed by atoms with E-state index in [4.69, 9.17) is 4.98 Å². The van der Waals surface area contributed by atoms with E-state index in [1.54, 1.807) is 0 Å². The van der Waals surface area contributed by atoms with Gasteiger partial charge in [-0.25, -0.2) is 4.98 Å². The van der Waals surface area contributed by atoms with E-state index < -0.39 is 0 Å². The summed E-state index contributed by atoms with van der Waals surface area (Å²) >= 11 is 0. The number of benzene rings is 2. The maximum atomic E-state index is 12.5. The lowest BCUT2D eigenvalue weighted by atomic mass is 10.1. The summed E-state index contributed by atoms with van der Waals surface area (Å²) in [7, 11) is 0. The van der Waals surface area contributed by atoms with Crippen molar-refractivity contribution in [2.45, 2.75) is 40.0 Å². The van der Waals surface area contributed by atoms with Crippen LogP contribution in [0.25, 0.3) is 0 Å². The van der Waals surface area contributed by atoms with Crippen LogP contribution >= 0.6 is 0 Å². The molecule has 1 aliphatic heterocycles. The van der Waals surface area contributed by atoms with E-state index >= 15 is 0 Å². The number of piperidine rings is 1. The molecule has 4 rings (SSSR count).